The number of benzene rings is 1. The molecule has 1 aromatic carbocycles. The van der Waals surface area contributed by atoms with Crippen LogP contribution >= 0.6 is 0 Å². The Bertz CT molecular complexity index is 1410. The molecule has 0 spiro atoms. The maximum Gasteiger partial charge on any atom is 0.417 e. The molecule has 0 bridgehead atoms. The molecule has 0 amide bonds. The van der Waals surface area contributed by atoms with Gasteiger partial charge in [-0.05, 0) is 53.4 Å². The summed E-state index contributed by atoms with van der Waals surface area (Å²) < 4.78 is 123. The summed E-state index contributed by atoms with van der Waals surface area (Å²) in [5, 5.41) is 15.5. The minimum atomic E-state index is -5.10. The van der Waals surface area contributed by atoms with Crippen molar-refractivity contribution in [1.82, 2.24) is 25.2 Å². The van der Waals surface area contributed by atoms with Gasteiger partial charge in [-0.3, -0.25) is 4.98 Å². The lowest BCUT2D eigenvalue weighted by Gasteiger charge is -2.26. The van der Waals surface area contributed by atoms with E-state index >= 15 is 0 Å². The number of anilines is 1. The van der Waals surface area contributed by atoms with E-state index in [0.717, 1.165) is 35.0 Å². The van der Waals surface area contributed by atoms with Crippen LogP contribution in [-0.2, 0) is 43.5 Å². The highest BCUT2D eigenvalue weighted by Gasteiger charge is 2.38. The van der Waals surface area contributed by atoms with E-state index in [2.05, 4.69) is 25.6 Å². The van der Waals surface area contributed by atoms with E-state index in [4.69, 9.17) is 4.84 Å². The lowest BCUT2D eigenvalue weighted by molar-refractivity contribution is -0.143. The van der Waals surface area contributed by atoms with Crippen LogP contribution in [0.1, 0.15) is 65.6 Å². The van der Waals surface area contributed by atoms with E-state index in [9.17, 15) is 39.5 Å². The van der Waals surface area contributed by atoms with Gasteiger partial charge in [0.05, 0.1) is 29.4 Å². The van der Waals surface area contributed by atoms with Crippen LogP contribution in [0, 0.1) is 5.92 Å². The highest BCUT2D eigenvalue weighted by Crippen LogP contribution is 2.37. The lowest BCUT2D eigenvalue weighted by Crippen LogP contribution is -2.28. The zero-order valence-corrected chi connectivity index (χ0v) is 22.9. The third-order valence-corrected chi connectivity index (χ3v) is 6.88. The van der Waals surface area contributed by atoms with Crippen LogP contribution in [0.5, 0.6) is 0 Å². The molecule has 2 heterocycles. The van der Waals surface area contributed by atoms with Gasteiger partial charge in [-0.1, -0.05) is 29.5 Å². The number of aromatic nitrogens is 5. The minimum absolute atomic E-state index is 0.0130. The predicted molar refractivity (Wildman–Crippen MR) is 134 cm³/mol. The van der Waals surface area contributed by atoms with Gasteiger partial charge < -0.3 is 9.74 Å². The first-order chi connectivity index (χ1) is 20.1. The molecule has 43 heavy (non-hydrogen) atoms. The number of halogens is 9. The van der Waals surface area contributed by atoms with Gasteiger partial charge in [0.1, 0.15) is 12.8 Å². The molecule has 0 atom stereocenters. The van der Waals surface area contributed by atoms with Gasteiger partial charge in [-0.25, -0.2) is 0 Å². The number of rotatable bonds is 8. The smallest absolute Gasteiger partial charge is 0.399 e. The molecule has 0 radical (unpaired) electrons. The average molecular weight is 624 g/mol. The lowest BCUT2D eigenvalue weighted by atomic mass is 9.83. The van der Waals surface area contributed by atoms with Crippen molar-refractivity contribution >= 4 is 11.7 Å². The number of pyridine rings is 1. The Morgan fingerprint density at radius 2 is 1.49 bits per heavy atom. The van der Waals surface area contributed by atoms with Crippen LogP contribution in [0.3, 0.4) is 0 Å². The molecule has 17 heteroatoms. The highest BCUT2D eigenvalue weighted by atomic mass is 19.4. The van der Waals surface area contributed by atoms with Gasteiger partial charge in [-0.2, -0.15) is 44.3 Å². The fourth-order valence-corrected chi connectivity index (χ4v) is 4.94. The first kappa shape index (κ1) is 32.0. The molecule has 2 aromatic heterocycles. The quantitative estimate of drug-likeness (QED) is 0.156. The van der Waals surface area contributed by atoms with E-state index in [1.807, 2.05) is 0 Å². The topological polar surface area (TPSA) is 81.3 Å². The average Bonchev–Trinajstić information content (AvgIpc) is 3.36. The van der Waals surface area contributed by atoms with E-state index in [1.165, 1.54) is 14.2 Å². The monoisotopic (exact) mass is 623 g/mol. The molecule has 0 N–H and O–H groups in total. The summed E-state index contributed by atoms with van der Waals surface area (Å²) in [5.41, 5.74) is -4.36. The second-order valence-electron chi connectivity index (χ2n) is 10.1. The van der Waals surface area contributed by atoms with E-state index < -0.39 is 53.9 Å². The maximum atomic E-state index is 13.8. The summed E-state index contributed by atoms with van der Waals surface area (Å²) in [7, 11) is 2.64. The van der Waals surface area contributed by atoms with Crippen molar-refractivity contribution in [2.45, 2.75) is 63.7 Å². The number of hydrogen-bond donors (Lipinski definition) is 0. The van der Waals surface area contributed by atoms with Crippen molar-refractivity contribution in [2.75, 3.05) is 12.0 Å². The molecule has 234 valence electrons. The van der Waals surface area contributed by atoms with Gasteiger partial charge in [0.15, 0.2) is 0 Å². The minimum Gasteiger partial charge on any atom is -0.399 e. The van der Waals surface area contributed by atoms with Gasteiger partial charge in [0.25, 0.3) is 5.95 Å². The summed E-state index contributed by atoms with van der Waals surface area (Å²) in [6.07, 6.45) is -10.4. The first-order valence-electron chi connectivity index (χ1n) is 13.0. The van der Waals surface area contributed by atoms with Crippen LogP contribution in [0.25, 0.3) is 0 Å². The molecule has 4 rings (SSSR count). The molecule has 1 aliphatic carbocycles. The number of oxime groups is 1. The molecule has 8 nitrogen and oxygen atoms in total. The molecular formula is C26H26F9N7O. The number of alkyl halides is 9. The Hall–Kier alpha value is -3.92. The van der Waals surface area contributed by atoms with Crippen molar-refractivity contribution in [3.63, 3.8) is 0 Å². The first-order valence-corrected chi connectivity index (χ1v) is 13.0. The Kier molecular flexibility index (Phi) is 9.20. The van der Waals surface area contributed by atoms with Crippen molar-refractivity contribution in [3.8, 4) is 0 Å². The second kappa shape index (κ2) is 12.4. The van der Waals surface area contributed by atoms with Crippen molar-refractivity contribution in [2.24, 2.45) is 18.1 Å². The highest BCUT2D eigenvalue weighted by molar-refractivity contribution is 6.01. The van der Waals surface area contributed by atoms with Crippen molar-refractivity contribution in [3.05, 3.63) is 64.0 Å². The summed E-state index contributed by atoms with van der Waals surface area (Å²) in [6, 6.07) is 1.86. The molecule has 1 fully saturated rings. The zero-order valence-electron chi connectivity index (χ0n) is 22.9. The van der Waals surface area contributed by atoms with E-state index in [1.54, 1.807) is 0 Å². The predicted octanol–water partition coefficient (Wildman–Crippen LogP) is 6.80. The Balaban J connectivity index is 1.84. The summed E-state index contributed by atoms with van der Waals surface area (Å²) in [6.45, 7) is -1.14. The standard InChI is InChI=1S/C26H26F9N7O/c1-41-38-23(37-40-41)42(13-15-8-18(24(27,28)29)11-19(9-15)25(30,31)32)14-17-10-20(26(33,34)35)12-36-21(17)22(39-43-2)16-6-4-3-5-7-16/h8-12,16H,3-7,13-14H2,1-2H3/b39-22+. The summed E-state index contributed by atoms with van der Waals surface area (Å²) in [5.74, 6) is -0.447. The van der Waals surface area contributed by atoms with Crippen LogP contribution in [0.15, 0.2) is 35.6 Å². The van der Waals surface area contributed by atoms with Crippen LogP contribution in [0.4, 0.5) is 45.5 Å². The van der Waals surface area contributed by atoms with Crippen LogP contribution < -0.4 is 4.90 Å². The molecule has 0 aliphatic heterocycles. The molecule has 3 aromatic rings. The number of aryl methyl sites for hydroxylation is 1. The van der Waals surface area contributed by atoms with E-state index in [-0.39, 0.29) is 34.9 Å². The van der Waals surface area contributed by atoms with Crippen LogP contribution in [-0.4, -0.2) is 38.0 Å². The fourth-order valence-electron chi connectivity index (χ4n) is 4.94. The number of nitrogens with zero attached hydrogens (tertiary/aromatic N) is 7. The molecular weight excluding hydrogens is 597 g/mol. The van der Waals surface area contributed by atoms with Crippen molar-refractivity contribution < 1.29 is 44.4 Å². The SMILES string of the molecule is CO/N=C(/c1ncc(C(F)(F)F)cc1CN(Cc1cc(C(F)(F)F)cc(C(F)(F)F)c1)c1nnn(C)n1)C1CCCCC1. The second-order valence-corrected chi connectivity index (χ2v) is 10.1. The third-order valence-electron chi connectivity index (χ3n) is 6.88. The van der Waals surface area contributed by atoms with Crippen LogP contribution in [0.2, 0.25) is 0 Å². The van der Waals surface area contributed by atoms with Gasteiger partial charge in [-0.15, -0.1) is 5.10 Å². The van der Waals surface area contributed by atoms with E-state index in [0.29, 0.717) is 31.2 Å². The number of tetrazole rings is 1. The molecule has 1 aliphatic rings. The van der Waals surface area contributed by atoms with Gasteiger partial charge in [0, 0.05) is 25.2 Å². The fraction of sp³-hybridized carbons (Fsp3) is 0.500. The van der Waals surface area contributed by atoms with Gasteiger partial charge >= 0.3 is 18.5 Å². The molecule has 0 saturated heterocycles. The third kappa shape index (κ3) is 7.93. The number of hydrogen-bond acceptors (Lipinski definition) is 7. The summed E-state index contributed by atoms with van der Waals surface area (Å²) in [4.78, 5) is 11.2. The maximum absolute atomic E-state index is 13.8. The molecule has 0 unspecified atom stereocenters. The zero-order chi connectivity index (χ0) is 31.6. The van der Waals surface area contributed by atoms with Crippen molar-refractivity contribution in [1.29, 1.82) is 0 Å². The Morgan fingerprint density at radius 1 is 0.884 bits per heavy atom. The Morgan fingerprint density at radius 3 is 2.00 bits per heavy atom. The Labute approximate surface area is 239 Å². The normalized spacial score (nSPS) is 15.6. The molecule has 1 saturated carbocycles. The largest absolute Gasteiger partial charge is 0.417 e. The summed E-state index contributed by atoms with van der Waals surface area (Å²) >= 11 is 0. The van der Waals surface area contributed by atoms with Gasteiger partial charge in [0.2, 0.25) is 0 Å².